The van der Waals surface area contributed by atoms with E-state index >= 15 is 0 Å². The van der Waals surface area contributed by atoms with Crippen LogP contribution in [0.1, 0.15) is 6.92 Å². The van der Waals surface area contributed by atoms with Crippen molar-refractivity contribution in [3.05, 3.63) is 22.0 Å². The minimum Gasteiger partial charge on any atom is -0.458 e. The normalized spacial score (nSPS) is 10.8. The molecule has 0 radical (unpaired) electrons. The van der Waals surface area contributed by atoms with Crippen molar-refractivity contribution in [3.8, 4) is 0 Å². The monoisotopic (exact) mass is 160 g/mol. The molecule has 0 rings (SSSR count). The summed E-state index contributed by atoms with van der Waals surface area (Å²) in [7, 11) is 0. The first-order valence-electron chi connectivity index (χ1n) is 2.86. The number of rotatable bonds is 3. The Hall–Kier alpha value is -1.59. The minimum absolute atomic E-state index is 0.0873. The Bertz CT molecular complexity index is 199. The fraction of sp³-hybridized carbons (Fsp3) is 0.400. The molecular formula is C5H8N2O4. The van der Waals surface area contributed by atoms with E-state index in [1.807, 2.05) is 0 Å². The lowest BCUT2D eigenvalue weighted by atomic mass is 10.5. The van der Waals surface area contributed by atoms with Crippen molar-refractivity contribution >= 4 is 5.97 Å². The zero-order valence-electron chi connectivity index (χ0n) is 5.94. The van der Waals surface area contributed by atoms with Crippen LogP contribution in [0.15, 0.2) is 11.9 Å². The summed E-state index contributed by atoms with van der Waals surface area (Å²) in [6, 6.07) is 0. The van der Waals surface area contributed by atoms with Crippen LogP contribution in [-0.2, 0) is 9.53 Å². The molecule has 0 heterocycles. The maximum absolute atomic E-state index is 10.6. The molecule has 2 N–H and O–H groups in total. The molecule has 0 saturated heterocycles. The van der Waals surface area contributed by atoms with Crippen LogP contribution < -0.4 is 5.73 Å². The zero-order valence-corrected chi connectivity index (χ0v) is 5.94. The highest BCUT2D eigenvalue weighted by atomic mass is 16.6. The largest absolute Gasteiger partial charge is 0.458 e. The summed E-state index contributed by atoms with van der Waals surface area (Å²) in [6.45, 7) is 1.63. The first-order chi connectivity index (χ1) is 5.13. The molecule has 0 unspecified atom stereocenters. The second-order valence-electron chi connectivity index (χ2n) is 1.53. The van der Waals surface area contributed by atoms with E-state index in [2.05, 4.69) is 4.74 Å². The standard InChI is InChI=1S/C5H8N2O4/c1-2-11-5(8)4(3-6)7(9)10/h3H,2,6H2,1H3. The summed E-state index contributed by atoms with van der Waals surface area (Å²) < 4.78 is 4.33. The van der Waals surface area contributed by atoms with Crippen molar-refractivity contribution in [2.24, 2.45) is 5.73 Å². The van der Waals surface area contributed by atoms with Gasteiger partial charge in [0, 0.05) is 0 Å². The van der Waals surface area contributed by atoms with E-state index in [-0.39, 0.29) is 6.61 Å². The van der Waals surface area contributed by atoms with E-state index in [9.17, 15) is 14.9 Å². The molecule has 0 aromatic carbocycles. The van der Waals surface area contributed by atoms with E-state index < -0.39 is 16.6 Å². The number of ether oxygens (including phenoxy) is 1. The number of nitro groups is 1. The van der Waals surface area contributed by atoms with E-state index in [0.717, 1.165) is 0 Å². The van der Waals surface area contributed by atoms with Crippen molar-refractivity contribution in [2.45, 2.75) is 6.92 Å². The van der Waals surface area contributed by atoms with Crippen LogP contribution >= 0.6 is 0 Å². The molecule has 6 heteroatoms. The van der Waals surface area contributed by atoms with E-state index in [0.29, 0.717) is 6.20 Å². The first kappa shape index (κ1) is 9.41. The molecular weight excluding hydrogens is 152 g/mol. The molecule has 62 valence electrons. The number of carbonyl (C=O) groups is 1. The molecule has 0 amide bonds. The Balaban J connectivity index is 4.29. The Morgan fingerprint density at radius 3 is 2.64 bits per heavy atom. The van der Waals surface area contributed by atoms with Crippen LogP contribution in [0.3, 0.4) is 0 Å². The van der Waals surface area contributed by atoms with Gasteiger partial charge in [-0.25, -0.2) is 4.79 Å². The van der Waals surface area contributed by atoms with Crippen LogP contribution in [0.4, 0.5) is 0 Å². The van der Waals surface area contributed by atoms with Gasteiger partial charge < -0.3 is 10.5 Å². The third kappa shape index (κ3) is 2.65. The highest BCUT2D eigenvalue weighted by Crippen LogP contribution is 1.95. The predicted octanol–water partition coefficient (Wildman–Crippen LogP) is -0.374. The molecule has 6 nitrogen and oxygen atoms in total. The van der Waals surface area contributed by atoms with Crippen LogP contribution in [0.2, 0.25) is 0 Å². The maximum atomic E-state index is 10.6. The number of esters is 1. The minimum atomic E-state index is -1.01. The van der Waals surface area contributed by atoms with Gasteiger partial charge in [0.15, 0.2) is 0 Å². The average molecular weight is 160 g/mol. The lowest BCUT2D eigenvalue weighted by Gasteiger charge is -1.96. The molecule has 0 fully saturated rings. The second kappa shape index (κ2) is 4.26. The predicted molar refractivity (Wildman–Crippen MR) is 35.9 cm³/mol. The Kier molecular flexibility index (Phi) is 3.65. The van der Waals surface area contributed by atoms with Crippen molar-refractivity contribution in [2.75, 3.05) is 6.61 Å². The SMILES string of the molecule is CCOC(=O)C(=CN)[N+](=O)[O-]. The number of hydrogen-bond acceptors (Lipinski definition) is 5. The van der Waals surface area contributed by atoms with Gasteiger partial charge in [-0.2, -0.15) is 0 Å². The van der Waals surface area contributed by atoms with E-state index in [1.54, 1.807) is 6.92 Å². The van der Waals surface area contributed by atoms with Gasteiger partial charge in [0.25, 0.3) is 0 Å². The molecule has 0 atom stereocenters. The Morgan fingerprint density at radius 1 is 1.82 bits per heavy atom. The molecule has 0 aromatic rings. The lowest BCUT2D eigenvalue weighted by Crippen LogP contribution is -2.15. The van der Waals surface area contributed by atoms with Gasteiger partial charge in [-0.15, -0.1) is 0 Å². The Morgan fingerprint density at radius 2 is 2.36 bits per heavy atom. The summed E-state index contributed by atoms with van der Waals surface area (Å²) in [5.41, 5.74) is 4.06. The fourth-order valence-electron chi connectivity index (χ4n) is 0.408. The molecule has 11 heavy (non-hydrogen) atoms. The fourth-order valence-corrected chi connectivity index (χ4v) is 0.408. The molecule has 0 aliphatic carbocycles. The summed E-state index contributed by atoms with van der Waals surface area (Å²) >= 11 is 0. The quantitative estimate of drug-likeness (QED) is 0.263. The van der Waals surface area contributed by atoms with Crippen molar-refractivity contribution in [3.63, 3.8) is 0 Å². The van der Waals surface area contributed by atoms with Gasteiger partial charge in [0.05, 0.1) is 17.7 Å². The van der Waals surface area contributed by atoms with Gasteiger partial charge in [-0.05, 0) is 6.92 Å². The van der Waals surface area contributed by atoms with Gasteiger partial charge in [-0.1, -0.05) is 0 Å². The molecule has 0 saturated carbocycles. The zero-order chi connectivity index (χ0) is 8.85. The summed E-state index contributed by atoms with van der Waals surface area (Å²) in [4.78, 5) is 19.7. The van der Waals surface area contributed by atoms with Crippen LogP contribution in [-0.4, -0.2) is 17.5 Å². The summed E-state index contributed by atoms with van der Waals surface area (Å²) in [5, 5.41) is 10.0. The highest BCUT2D eigenvalue weighted by molar-refractivity contribution is 5.85. The van der Waals surface area contributed by atoms with Crippen LogP contribution in [0, 0.1) is 10.1 Å². The van der Waals surface area contributed by atoms with Crippen LogP contribution in [0.5, 0.6) is 0 Å². The first-order valence-corrected chi connectivity index (χ1v) is 2.86. The average Bonchev–Trinajstić information content (AvgIpc) is 1.88. The smallest absolute Gasteiger partial charge is 0.411 e. The summed E-state index contributed by atoms with van der Waals surface area (Å²) in [5.74, 6) is -1.01. The van der Waals surface area contributed by atoms with Crippen molar-refractivity contribution in [1.29, 1.82) is 0 Å². The van der Waals surface area contributed by atoms with Crippen molar-refractivity contribution < 1.29 is 14.5 Å². The number of hydrogen-bond donors (Lipinski definition) is 1. The molecule has 0 bridgehead atoms. The Labute approximate surface area is 62.8 Å². The number of nitrogens with zero attached hydrogens (tertiary/aromatic N) is 1. The molecule has 0 spiro atoms. The molecule has 0 aliphatic rings. The van der Waals surface area contributed by atoms with Gasteiger partial charge in [0.1, 0.15) is 0 Å². The molecule has 0 aromatic heterocycles. The third-order valence-corrected chi connectivity index (χ3v) is 0.839. The molecule has 0 aliphatic heterocycles. The van der Waals surface area contributed by atoms with Crippen molar-refractivity contribution in [1.82, 2.24) is 0 Å². The number of nitrogens with two attached hydrogens (primary N) is 1. The van der Waals surface area contributed by atoms with E-state index in [1.165, 1.54) is 0 Å². The van der Waals surface area contributed by atoms with Gasteiger partial charge >= 0.3 is 11.7 Å². The topological polar surface area (TPSA) is 95.5 Å². The van der Waals surface area contributed by atoms with Gasteiger partial charge in [0.2, 0.25) is 0 Å². The third-order valence-electron chi connectivity index (χ3n) is 0.839. The lowest BCUT2D eigenvalue weighted by molar-refractivity contribution is -0.421. The van der Waals surface area contributed by atoms with E-state index in [4.69, 9.17) is 5.73 Å². The highest BCUT2D eigenvalue weighted by Gasteiger charge is 2.21. The summed E-state index contributed by atoms with van der Waals surface area (Å²) in [6.07, 6.45) is 0.609. The van der Waals surface area contributed by atoms with Gasteiger partial charge in [-0.3, -0.25) is 10.1 Å². The second-order valence-corrected chi connectivity index (χ2v) is 1.53. The maximum Gasteiger partial charge on any atom is 0.411 e. The number of carbonyl (C=O) groups excluding carboxylic acids is 1. The van der Waals surface area contributed by atoms with Crippen LogP contribution in [0.25, 0.3) is 0 Å².